The second-order valence-electron chi connectivity index (χ2n) is 4.66. The summed E-state index contributed by atoms with van der Waals surface area (Å²) >= 11 is 0. The molecule has 21 heavy (non-hydrogen) atoms. The Bertz CT molecular complexity index is 811. The topological polar surface area (TPSA) is 69.7 Å². The number of aryl methyl sites for hydroxylation is 1. The van der Waals surface area contributed by atoms with Crippen LogP contribution in [0.15, 0.2) is 48.8 Å². The summed E-state index contributed by atoms with van der Waals surface area (Å²) in [5.74, 6) is 0.601. The van der Waals surface area contributed by atoms with E-state index in [1.165, 1.54) is 6.07 Å². The quantitative estimate of drug-likeness (QED) is 0.545. The number of para-hydroxylation sites is 1. The summed E-state index contributed by atoms with van der Waals surface area (Å²) in [5.41, 5.74) is 2.18. The van der Waals surface area contributed by atoms with E-state index in [1.54, 1.807) is 24.3 Å². The van der Waals surface area contributed by atoms with Gasteiger partial charge in [-0.15, -0.1) is 0 Å². The first-order chi connectivity index (χ1) is 10.1. The van der Waals surface area contributed by atoms with E-state index in [9.17, 15) is 10.1 Å². The number of aromatic nitrogens is 2. The van der Waals surface area contributed by atoms with E-state index in [-0.39, 0.29) is 12.3 Å². The van der Waals surface area contributed by atoms with Gasteiger partial charge in [0.2, 0.25) is 0 Å². The molecule has 106 valence electrons. The number of hydrogen-bond acceptors (Lipinski definition) is 4. The third-order valence-electron chi connectivity index (χ3n) is 3.14. The molecule has 0 fully saturated rings. The number of hydrogen-bond donors (Lipinski definition) is 0. The van der Waals surface area contributed by atoms with Gasteiger partial charge in [0, 0.05) is 18.5 Å². The van der Waals surface area contributed by atoms with Crippen molar-refractivity contribution < 1.29 is 9.66 Å². The van der Waals surface area contributed by atoms with Crippen LogP contribution in [0.1, 0.15) is 11.3 Å². The lowest BCUT2D eigenvalue weighted by atomic mass is 10.2. The standard InChI is InChI=1S/C15H13N3O3/c1-11-9-17-8-4-7-14(15(17)16-11)21-10-12-5-2-3-6-13(12)18(19)20/h2-9H,10H2,1H3. The van der Waals surface area contributed by atoms with E-state index in [4.69, 9.17) is 4.74 Å². The van der Waals surface area contributed by atoms with Crippen LogP contribution in [0.4, 0.5) is 5.69 Å². The molecule has 6 heteroatoms. The normalized spacial score (nSPS) is 10.7. The zero-order valence-electron chi connectivity index (χ0n) is 11.4. The highest BCUT2D eigenvalue weighted by molar-refractivity contribution is 5.54. The molecular formula is C15H13N3O3. The average Bonchev–Trinajstić information content (AvgIpc) is 2.86. The molecule has 6 nitrogen and oxygen atoms in total. The monoisotopic (exact) mass is 283 g/mol. The van der Waals surface area contributed by atoms with Crippen molar-refractivity contribution in [2.75, 3.05) is 0 Å². The number of nitro groups is 1. The molecule has 0 saturated carbocycles. The minimum Gasteiger partial charge on any atom is -0.485 e. The molecule has 3 rings (SSSR count). The molecule has 2 heterocycles. The number of nitro benzene ring substituents is 1. The van der Waals surface area contributed by atoms with Crippen molar-refractivity contribution in [3.05, 3.63) is 70.2 Å². The van der Waals surface area contributed by atoms with Crippen molar-refractivity contribution in [1.82, 2.24) is 9.38 Å². The van der Waals surface area contributed by atoms with Crippen molar-refractivity contribution in [2.24, 2.45) is 0 Å². The largest absolute Gasteiger partial charge is 0.485 e. The van der Waals surface area contributed by atoms with Gasteiger partial charge in [0.25, 0.3) is 5.69 Å². The SMILES string of the molecule is Cc1cn2cccc(OCc3ccccc3[N+](=O)[O-])c2n1. The van der Waals surface area contributed by atoms with Gasteiger partial charge in [-0.3, -0.25) is 10.1 Å². The van der Waals surface area contributed by atoms with Gasteiger partial charge < -0.3 is 9.14 Å². The maximum absolute atomic E-state index is 11.0. The summed E-state index contributed by atoms with van der Waals surface area (Å²) in [6.07, 6.45) is 3.78. The molecule has 0 radical (unpaired) electrons. The predicted octanol–water partition coefficient (Wildman–Crippen LogP) is 3.13. The smallest absolute Gasteiger partial charge is 0.276 e. The summed E-state index contributed by atoms with van der Waals surface area (Å²) in [6.45, 7) is 2.03. The van der Waals surface area contributed by atoms with Crippen molar-refractivity contribution in [3.63, 3.8) is 0 Å². The molecule has 0 aliphatic carbocycles. The Morgan fingerprint density at radius 1 is 1.29 bits per heavy atom. The van der Waals surface area contributed by atoms with Gasteiger partial charge in [-0.2, -0.15) is 0 Å². The van der Waals surface area contributed by atoms with E-state index >= 15 is 0 Å². The first-order valence-electron chi connectivity index (χ1n) is 6.44. The van der Waals surface area contributed by atoms with Crippen LogP contribution in [0.25, 0.3) is 5.65 Å². The molecule has 0 spiro atoms. The van der Waals surface area contributed by atoms with Crippen molar-refractivity contribution in [3.8, 4) is 5.75 Å². The Morgan fingerprint density at radius 3 is 2.90 bits per heavy atom. The Balaban J connectivity index is 1.89. The fourth-order valence-corrected chi connectivity index (χ4v) is 2.19. The Morgan fingerprint density at radius 2 is 2.10 bits per heavy atom. The lowest BCUT2D eigenvalue weighted by Crippen LogP contribution is -2.01. The summed E-state index contributed by atoms with van der Waals surface area (Å²) in [6, 6.07) is 10.2. The average molecular weight is 283 g/mol. The molecule has 2 aromatic heterocycles. The van der Waals surface area contributed by atoms with E-state index in [0.29, 0.717) is 17.0 Å². The second kappa shape index (κ2) is 5.24. The lowest BCUT2D eigenvalue weighted by molar-refractivity contribution is -0.385. The van der Waals surface area contributed by atoms with Gasteiger partial charge >= 0.3 is 0 Å². The fraction of sp³-hybridized carbons (Fsp3) is 0.133. The van der Waals surface area contributed by atoms with Crippen LogP contribution >= 0.6 is 0 Å². The molecule has 0 saturated heterocycles. The van der Waals surface area contributed by atoms with Gasteiger partial charge in [0.15, 0.2) is 11.4 Å². The fourth-order valence-electron chi connectivity index (χ4n) is 2.19. The van der Waals surface area contributed by atoms with Crippen LogP contribution in [-0.4, -0.2) is 14.3 Å². The van der Waals surface area contributed by atoms with Crippen molar-refractivity contribution >= 4 is 11.3 Å². The Hall–Kier alpha value is -2.89. The van der Waals surface area contributed by atoms with E-state index in [2.05, 4.69) is 4.98 Å². The predicted molar refractivity (Wildman–Crippen MR) is 77.4 cm³/mol. The minimum atomic E-state index is -0.404. The number of nitrogens with zero attached hydrogens (tertiary/aromatic N) is 3. The number of benzene rings is 1. The molecule has 0 amide bonds. The third-order valence-corrected chi connectivity index (χ3v) is 3.14. The zero-order valence-corrected chi connectivity index (χ0v) is 11.4. The molecule has 0 aliphatic heterocycles. The number of ether oxygens (including phenoxy) is 1. The first-order valence-corrected chi connectivity index (χ1v) is 6.44. The van der Waals surface area contributed by atoms with Crippen LogP contribution in [-0.2, 0) is 6.61 Å². The number of rotatable bonds is 4. The zero-order chi connectivity index (χ0) is 14.8. The molecule has 0 aliphatic rings. The molecule has 1 aromatic carbocycles. The number of pyridine rings is 1. The lowest BCUT2D eigenvalue weighted by Gasteiger charge is -2.07. The van der Waals surface area contributed by atoms with Crippen LogP contribution in [0, 0.1) is 17.0 Å². The molecule has 3 aromatic rings. The molecule has 0 unspecified atom stereocenters. The number of fused-ring (bicyclic) bond motifs is 1. The summed E-state index contributed by atoms with van der Waals surface area (Å²) in [5, 5.41) is 11.0. The summed E-state index contributed by atoms with van der Waals surface area (Å²) < 4.78 is 7.59. The van der Waals surface area contributed by atoms with Crippen molar-refractivity contribution in [1.29, 1.82) is 0 Å². The highest BCUT2D eigenvalue weighted by Crippen LogP contribution is 2.23. The Kier molecular flexibility index (Phi) is 3.27. The van der Waals surface area contributed by atoms with Gasteiger partial charge in [-0.05, 0) is 25.1 Å². The highest BCUT2D eigenvalue weighted by Gasteiger charge is 2.13. The maximum atomic E-state index is 11.0. The number of imidazole rings is 1. The first kappa shape index (κ1) is 13.1. The van der Waals surface area contributed by atoms with Crippen LogP contribution < -0.4 is 4.74 Å². The van der Waals surface area contributed by atoms with Crippen LogP contribution in [0.5, 0.6) is 5.75 Å². The minimum absolute atomic E-state index is 0.0592. The molecule has 0 N–H and O–H groups in total. The summed E-state index contributed by atoms with van der Waals surface area (Å²) in [4.78, 5) is 15.0. The van der Waals surface area contributed by atoms with E-state index < -0.39 is 4.92 Å². The van der Waals surface area contributed by atoms with Crippen molar-refractivity contribution in [2.45, 2.75) is 13.5 Å². The van der Waals surface area contributed by atoms with Gasteiger partial charge in [-0.1, -0.05) is 12.1 Å². The van der Waals surface area contributed by atoms with Crippen LogP contribution in [0.3, 0.4) is 0 Å². The van der Waals surface area contributed by atoms with Gasteiger partial charge in [-0.25, -0.2) is 4.98 Å². The van der Waals surface area contributed by atoms with Crippen LogP contribution in [0.2, 0.25) is 0 Å². The maximum Gasteiger partial charge on any atom is 0.276 e. The third kappa shape index (κ3) is 2.55. The molecular weight excluding hydrogens is 270 g/mol. The molecule has 0 atom stereocenters. The summed E-state index contributed by atoms with van der Waals surface area (Å²) in [7, 11) is 0. The Labute approximate surface area is 120 Å². The highest BCUT2D eigenvalue weighted by atomic mass is 16.6. The van der Waals surface area contributed by atoms with E-state index in [0.717, 1.165) is 5.69 Å². The van der Waals surface area contributed by atoms with Gasteiger partial charge in [0.05, 0.1) is 16.2 Å². The molecule has 0 bridgehead atoms. The van der Waals surface area contributed by atoms with E-state index in [1.807, 2.05) is 29.8 Å². The second-order valence-corrected chi connectivity index (χ2v) is 4.66. The van der Waals surface area contributed by atoms with Gasteiger partial charge in [0.1, 0.15) is 6.61 Å².